The summed E-state index contributed by atoms with van der Waals surface area (Å²) in [5, 5.41) is 7.75. The SMILES string of the molecule is CN(C)c1ccc([C@@H]2C=C(c3ccccc3)Nc3ncnn32)cc1. The summed E-state index contributed by atoms with van der Waals surface area (Å²) in [4.78, 5) is 6.44. The molecule has 0 fully saturated rings. The predicted molar refractivity (Wildman–Crippen MR) is 97.0 cm³/mol. The van der Waals surface area contributed by atoms with Crippen LogP contribution in [0.15, 0.2) is 67.0 Å². The highest BCUT2D eigenvalue weighted by atomic mass is 15.4. The highest BCUT2D eigenvalue weighted by molar-refractivity contribution is 5.77. The van der Waals surface area contributed by atoms with Gasteiger partial charge >= 0.3 is 0 Å². The summed E-state index contributed by atoms with van der Waals surface area (Å²) >= 11 is 0. The van der Waals surface area contributed by atoms with Gasteiger partial charge in [-0.15, -0.1) is 0 Å². The van der Waals surface area contributed by atoms with Gasteiger partial charge in [-0.1, -0.05) is 42.5 Å². The highest BCUT2D eigenvalue weighted by Gasteiger charge is 2.23. The van der Waals surface area contributed by atoms with Crippen LogP contribution in [-0.2, 0) is 0 Å². The molecule has 0 saturated heterocycles. The molecule has 0 bridgehead atoms. The maximum atomic E-state index is 4.39. The van der Waals surface area contributed by atoms with Crippen LogP contribution < -0.4 is 10.2 Å². The second kappa shape index (κ2) is 5.85. The Morgan fingerprint density at radius 2 is 1.75 bits per heavy atom. The Hall–Kier alpha value is -3.08. The maximum Gasteiger partial charge on any atom is 0.226 e. The van der Waals surface area contributed by atoms with Gasteiger partial charge in [0.25, 0.3) is 0 Å². The van der Waals surface area contributed by atoms with E-state index in [0.717, 1.165) is 17.2 Å². The quantitative estimate of drug-likeness (QED) is 0.804. The van der Waals surface area contributed by atoms with Crippen LogP contribution >= 0.6 is 0 Å². The monoisotopic (exact) mass is 317 g/mol. The average Bonchev–Trinajstić information content (AvgIpc) is 3.10. The molecule has 1 atom stereocenters. The molecule has 3 aromatic rings. The number of nitrogens with zero attached hydrogens (tertiary/aromatic N) is 4. The summed E-state index contributed by atoms with van der Waals surface area (Å²) in [6.07, 6.45) is 3.78. The number of hydrogen-bond acceptors (Lipinski definition) is 4. The third-order valence-electron chi connectivity index (χ3n) is 4.24. The number of fused-ring (bicyclic) bond motifs is 1. The zero-order valence-corrected chi connectivity index (χ0v) is 13.7. The Labute approximate surface area is 141 Å². The minimum absolute atomic E-state index is 0.0233. The predicted octanol–water partition coefficient (Wildman–Crippen LogP) is 3.40. The molecule has 1 aliphatic heterocycles. The maximum absolute atomic E-state index is 4.39. The van der Waals surface area contributed by atoms with Crippen molar-refractivity contribution in [2.75, 3.05) is 24.3 Å². The average molecular weight is 317 g/mol. The topological polar surface area (TPSA) is 46.0 Å². The Bertz CT molecular complexity index is 862. The van der Waals surface area contributed by atoms with Crippen LogP contribution in [0.3, 0.4) is 0 Å². The van der Waals surface area contributed by atoms with E-state index in [1.54, 1.807) is 6.33 Å². The third kappa shape index (κ3) is 2.54. The molecule has 1 N–H and O–H groups in total. The lowest BCUT2D eigenvalue weighted by molar-refractivity contribution is 0.612. The molecule has 1 aliphatic rings. The Morgan fingerprint density at radius 1 is 1.00 bits per heavy atom. The minimum Gasteiger partial charge on any atom is -0.378 e. The van der Waals surface area contributed by atoms with Crippen molar-refractivity contribution in [1.29, 1.82) is 0 Å². The number of rotatable bonds is 3. The molecule has 24 heavy (non-hydrogen) atoms. The summed E-state index contributed by atoms with van der Waals surface area (Å²) < 4.78 is 1.91. The molecule has 0 unspecified atom stereocenters. The largest absolute Gasteiger partial charge is 0.378 e. The van der Waals surface area contributed by atoms with Crippen molar-refractivity contribution < 1.29 is 0 Å². The van der Waals surface area contributed by atoms with Crippen LogP contribution in [0.1, 0.15) is 17.2 Å². The van der Waals surface area contributed by atoms with Crippen molar-refractivity contribution >= 4 is 17.3 Å². The summed E-state index contributed by atoms with van der Waals surface area (Å²) in [7, 11) is 4.09. The lowest BCUT2D eigenvalue weighted by Crippen LogP contribution is -2.20. The molecular formula is C19H19N5. The molecule has 4 rings (SSSR count). The van der Waals surface area contributed by atoms with Gasteiger partial charge in [0.1, 0.15) is 12.4 Å². The van der Waals surface area contributed by atoms with E-state index >= 15 is 0 Å². The Balaban J connectivity index is 1.76. The van der Waals surface area contributed by atoms with Crippen LogP contribution in [0.5, 0.6) is 0 Å². The number of benzene rings is 2. The van der Waals surface area contributed by atoms with E-state index < -0.39 is 0 Å². The van der Waals surface area contributed by atoms with Crippen molar-refractivity contribution in [3.63, 3.8) is 0 Å². The van der Waals surface area contributed by atoms with Gasteiger partial charge in [-0.05, 0) is 29.3 Å². The van der Waals surface area contributed by atoms with Gasteiger partial charge in [0.15, 0.2) is 0 Å². The van der Waals surface area contributed by atoms with Crippen molar-refractivity contribution in [3.8, 4) is 0 Å². The molecular weight excluding hydrogens is 298 g/mol. The van der Waals surface area contributed by atoms with E-state index in [0.29, 0.717) is 0 Å². The first-order chi connectivity index (χ1) is 11.7. The molecule has 0 aliphatic carbocycles. The number of nitrogens with one attached hydrogen (secondary N) is 1. The first-order valence-corrected chi connectivity index (χ1v) is 7.93. The summed E-state index contributed by atoms with van der Waals surface area (Å²) in [5.41, 5.74) is 4.56. The minimum atomic E-state index is 0.0233. The second-order valence-electron chi connectivity index (χ2n) is 6.03. The third-order valence-corrected chi connectivity index (χ3v) is 4.24. The molecule has 0 saturated carbocycles. The molecule has 0 spiro atoms. The van der Waals surface area contributed by atoms with Gasteiger partial charge in [-0.3, -0.25) is 0 Å². The zero-order valence-electron chi connectivity index (χ0n) is 13.7. The van der Waals surface area contributed by atoms with Gasteiger partial charge in [0.05, 0.1) is 0 Å². The van der Waals surface area contributed by atoms with Gasteiger partial charge in [-0.2, -0.15) is 10.1 Å². The standard InChI is InChI=1S/C19H19N5/c1-23(2)16-10-8-15(9-11-16)18-12-17(14-6-4-3-5-7-14)22-19-20-13-21-24(18)19/h3-13,18H,1-2H3,(H,20,21,22)/t18-/m0/s1. The number of hydrogen-bond donors (Lipinski definition) is 1. The first-order valence-electron chi connectivity index (χ1n) is 7.93. The fourth-order valence-electron chi connectivity index (χ4n) is 2.93. The van der Waals surface area contributed by atoms with Crippen LogP contribution in [0.2, 0.25) is 0 Å². The fraction of sp³-hybridized carbons (Fsp3) is 0.158. The van der Waals surface area contributed by atoms with Crippen LogP contribution in [-0.4, -0.2) is 28.9 Å². The van der Waals surface area contributed by atoms with Crippen molar-refractivity contribution in [2.45, 2.75) is 6.04 Å². The van der Waals surface area contributed by atoms with E-state index in [1.807, 2.05) is 37.0 Å². The van der Waals surface area contributed by atoms with Crippen LogP contribution in [0.25, 0.3) is 5.70 Å². The van der Waals surface area contributed by atoms with Crippen molar-refractivity contribution in [3.05, 3.63) is 78.1 Å². The smallest absolute Gasteiger partial charge is 0.226 e. The second-order valence-corrected chi connectivity index (χ2v) is 6.03. The van der Waals surface area contributed by atoms with Crippen molar-refractivity contribution in [1.82, 2.24) is 14.8 Å². The van der Waals surface area contributed by atoms with Crippen LogP contribution in [0, 0.1) is 0 Å². The fourth-order valence-corrected chi connectivity index (χ4v) is 2.93. The molecule has 2 heterocycles. The molecule has 1 aromatic heterocycles. The summed E-state index contributed by atoms with van der Waals surface area (Å²) in [6.45, 7) is 0. The van der Waals surface area contributed by atoms with E-state index in [1.165, 1.54) is 11.3 Å². The molecule has 0 amide bonds. The first kappa shape index (κ1) is 14.5. The molecule has 5 heteroatoms. The molecule has 0 radical (unpaired) electrons. The Morgan fingerprint density at radius 3 is 2.46 bits per heavy atom. The highest BCUT2D eigenvalue weighted by Crippen LogP contribution is 2.32. The molecule has 5 nitrogen and oxygen atoms in total. The van der Waals surface area contributed by atoms with E-state index in [4.69, 9.17) is 0 Å². The summed E-state index contributed by atoms with van der Waals surface area (Å²) in [6, 6.07) is 18.9. The van der Waals surface area contributed by atoms with Crippen molar-refractivity contribution in [2.24, 2.45) is 0 Å². The van der Waals surface area contributed by atoms with E-state index in [2.05, 4.69) is 62.8 Å². The van der Waals surface area contributed by atoms with Gasteiger partial charge in [-0.25, -0.2) is 4.68 Å². The number of anilines is 2. The van der Waals surface area contributed by atoms with Crippen LogP contribution in [0.4, 0.5) is 11.6 Å². The number of allylic oxidation sites excluding steroid dienone is 1. The lowest BCUT2D eigenvalue weighted by Gasteiger charge is -2.25. The molecule has 2 aromatic carbocycles. The van der Waals surface area contributed by atoms with Gasteiger partial charge < -0.3 is 10.2 Å². The van der Waals surface area contributed by atoms with E-state index in [9.17, 15) is 0 Å². The van der Waals surface area contributed by atoms with Gasteiger partial charge in [0, 0.05) is 25.5 Å². The van der Waals surface area contributed by atoms with Gasteiger partial charge in [0.2, 0.25) is 5.95 Å². The van der Waals surface area contributed by atoms with E-state index in [-0.39, 0.29) is 6.04 Å². The lowest BCUT2D eigenvalue weighted by atomic mass is 10.0. The normalized spacial score (nSPS) is 16.1. The summed E-state index contributed by atoms with van der Waals surface area (Å²) in [5.74, 6) is 0.762. The zero-order chi connectivity index (χ0) is 16.5. The number of aromatic nitrogens is 3. The molecule has 120 valence electrons. The Kier molecular flexibility index (Phi) is 3.54.